The number of fused-ring (bicyclic) bond motifs is 1. The number of rotatable bonds is 8. The topological polar surface area (TPSA) is 78.9 Å². The average molecular weight is 443 g/mol. The van der Waals surface area contributed by atoms with Crippen molar-refractivity contribution < 1.29 is 19.4 Å². The summed E-state index contributed by atoms with van der Waals surface area (Å²) in [5.74, 6) is -0.526. The van der Waals surface area contributed by atoms with E-state index in [2.05, 4.69) is 5.43 Å². The van der Waals surface area contributed by atoms with E-state index in [1.807, 2.05) is 78.9 Å². The minimum Gasteiger partial charge on any atom is -0.482 e. The standard InChI is InChI=1S/C27H26N2O4/c30-26(28-29(21-10-3-1-4-11-21)22-12-5-2-6-13-22)18-17-20-9-7-15-24-23(20)14-8-16-25(24)33-19-27(31)32/h1-6,8,10-14,16-17H,7,9,15,18-19H2,(H,28,30)(H,31,32)/b20-17+. The van der Waals surface area contributed by atoms with Crippen molar-refractivity contribution in [2.24, 2.45) is 0 Å². The second-order valence-electron chi connectivity index (χ2n) is 7.79. The molecule has 0 unspecified atom stereocenters. The number of ether oxygens (including phenoxy) is 1. The molecule has 168 valence electrons. The van der Waals surface area contributed by atoms with E-state index in [1.54, 1.807) is 11.1 Å². The molecule has 0 saturated carbocycles. The van der Waals surface area contributed by atoms with E-state index in [0.29, 0.717) is 5.75 Å². The Bertz CT molecular complexity index is 1100. The highest BCUT2D eigenvalue weighted by molar-refractivity contribution is 5.84. The van der Waals surface area contributed by atoms with Crippen molar-refractivity contribution in [3.05, 3.63) is 96.1 Å². The maximum Gasteiger partial charge on any atom is 0.341 e. The molecule has 3 aromatic rings. The number of anilines is 2. The summed E-state index contributed by atoms with van der Waals surface area (Å²) in [6.07, 6.45) is 4.80. The fraction of sp³-hybridized carbons (Fsp3) is 0.185. The summed E-state index contributed by atoms with van der Waals surface area (Å²) >= 11 is 0. The zero-order valence-electron chi connectivity index (χ0n) is 18.2. The van der Waals surface area contributed by atoms with Gasteiger partial charge in [0.05, 0.1) is 11.4 Å². The number of carbonyl (C=O) groups is 2. The van der Waals surface area contributed by atoms with E-state index in [9.17, 15) is 9.59 Å². The van der Waals surface area contributed by atoms with Crippen molar-refractivity contribution in [2.75, 3.05) is 11.6 Å². The van der Waals surface area contributed by atoms with Gasteiger partial charge in [-0.2, -0.15) is 0 Å². The van der Waals surface area contributed by atoms with E-state index < -0.39 is 5.97 Å². The van der Waals surface area contributed by atoms with Crippen LogP contribution in [-0.4, -0.2) is 23.6 Å². The summed E-state index contributed by atoms with van der Waals surface area (Å²) in [5.41, 5.74) is 7.87. The lowest BCUT2D eigenvalue weighted by atomic mass is 9.86. The molecule has 1 aliphatic carbocycles. The average Bonchev–Trinajstić information content (AvgIpc) is 2.85. The summed E-state index contributed by atoms with van der Waals surface area (Å²) in [6, 6.07) is 25.1. The molecule has 6 heteroatoms. The van der Waals surface area contributed by atoms with E-state index in [-0.39, 0.29) is 18.9 Å². The molecule has 4 rings (SSSR count). The molecule has 0 bridgehead atoms. The highest BCUT2D eigenvalue weighted by atomic mass is 16.5. The third kappa shape index (κ3) is 5.60. The monoisotopic (exact) mass is 442 g/mol. The maximum atomic E-state index is 12.9. The molecular weight excluding hydrogens is 416 g/mol. The Labute approximate surface area is 193 Å². The van der Waals surface area contributed by atoms with Crippen molar-refractivity contribution in [1.29, 1.82) is 0 Å². The van der Waals surface area contributed by atoms with Crippen LogP contribution in [0.15, 0.2) is 84.9 Å². The number of aliphatic carboxylic acids is 1. The van der Waals surface area contributed by atoms with Crippen LogP contribution in [0.1, 0.15) is 30.4 Å². The highest BCUT2D eigenvalue weighted by Crippen LogP contribution is 2.36. The molecule has 0 aromatic heterocycles. The minimum absolute atomic E-state index is 0.124. The smallest absolute Gasteiger partial charge is 0.341 e. The van der Waals surface area contributed by atoms with Gasteiger partial charge in [-0.25, -0.2) is 4.79 Å². The predicted molar refractivity (Wildman–Crippen MR) is 128 cm³/mol. The number of carbonyl (C=O) groups excluding carboxylic acids is 1. The lowest BCUT2D eigenvalue weighted by molar-refractivity contribution is -0.139. The number of nitrogens with one attached hydrogen (secondary N) is 1. The number of para-hydroxylation sites is 2. The quantitative estimate of drug-likeness (QED) is 0.473. The van der Waals surface area contributed by atoms with Crippen LogP contribution in [0.5, 0.6) is 5.75 Å². The van der Waals surface area contributed by atoms with Crippen LogP contribution in [-0.2, 0) is 16.0 Å². The van der Waals surface area contributed by atoms with Crippen LogP contribution in [0.2, 0.25) is 0 Å². The summed E-state index contributed by atoms with van der Waals surface area (Å²) in [5, 5.41) is 10.7. The molecule has 3 aromatic carbocycles. The molecule has 0 heterocycles. The van der Waals surface area contributed by atoms with Crippen LogP contribution >= 0.6 is 0 Å². The Morgan fingerprint density at radius 1 is 0.909 bits per heavy atom. The van der Waals surface area contributed by atoms with Crippen molar-refractivity contribution in [2.45, 2.75) is 25.7 Å². The second kappa shape index (κ2) is 10.5. The number of hydrogen-bond donors (Lipinski definition) is 2. The third-order valence-electron chi connectivity index (χ3n) is 5.50. The van der Waals surface area contributed by atoms with Gasteiger partial charge in [0.25, 0.3) is 0 Å². The van der Waals surface area contributed by atoms with Crippen molar-refractivity contribution in [3.63, 3.8) is 0 Å². The molecule has 0 fully saturated rings. The first kappa shape index (κ1) is 22.1. The van der Waals surface area contributed by atoms with Gasteiger partial charge in [0, 0.05) is 12.0 Å². The molecule has 1 amide bonds. The molecular formula is C27H26N2O4. The molecule has 6 nitrogen and oxygen atoms in total. The van der Waals surface area contributed by atoms with Gasteiger partial charge in [-0.3, -0.25) is 15.2 Å². The lowest BCUT2D eigenvalue weighted by Crippen LogP contribution is -2.38. The van der Waals surface area contributed by atoms with Crippen LogP contribution in [0.3, 0.4) is 0 Å². The van der Waals surface area contributed by atoms with Crippen molar-refractivity contribution >= 4 is 28.8 Å². The zero-order chi connectivity index (χ0) is 23.0. The fourth-order valence-electron chi connectivity index (χ4n) is 4.02. The number of carboxylic acid groups (broad SMARTS) is 1. The second-order valence-corrected chi connectivity index (χ2v) is 7.79. The zero-order valence-corrected chi connectivity index (χ0v) is 18.2. The first-order chi connectivity index (χ1) is 16.1. The molecule has 0 spiro atoms. The van der Waals surface area contributed by atoms with E-state index in [4.69, 9.17) is 9.84 Å². The highest BCUT2D eigenvalue weighted by Gasteiger charge is 2.19. The Kier molecular flexibility index (Phi) is 7.05. The molecule has 33 heavy (non-hydrogen) atoms. The van der Waals surface area contributed by atoms with Crippen LogP contribution in [0.4, 0.5) is 11.4 Å². The number of nitrogens with zero attached hydrogens (tertiary/aromatic N) is 1. The molecule has 0 radical (unpaired) electrons. The number of allylic oxidation sites excluding steroid dienone is 1. The normalized spacial score (nSPS) is 13.8. The van der Waals surface area contributed by atoms with E-state index in [1.165, 1.54) is 0 Å². The number of hydrazine groups is 1. The van der Waals surface area contributed by atoms with Crippen LogP contribution in [0, 0.1) is 0 Å². The largest absolute Gasteiger partial charge is 0.482 e. The Hall–Kier alpha value is -4.06. The lowest BCUT2D eigenvalue weighted by Gasteiger charge is -2.25. The van der Waals surface area contributed by atoms with Gasteiger partial charge in [0.15, 0.2) is 6.61 Å². The minimum atomic E-state index is -1.00. The number of benzene rings is 3. The van der Waals surface area contributed by atoms with E-state index >= 15 is 0 Å². The number of amides is 1. The van der Waals surface area contributed by atoms with E-state index in [0.717, 1.165) is 47.3 Å². The SMILES string of the molecule is O=C(O)COc1cccc2c1CCC/C2=C\CC(=O)NN(c1ccccc1)c1ccccc1. The van der Waals surface area contributed by atoms with Gasteiger partial charge in [0.1, 0.15) is 5.75 Å². The third-order valence-corrected chi connectivity index (χ3v) is 5.50. The maximum absolute atomic E-state index is 12.9. The van der Waals surface area contributed by atoms with Gasteiger partial charge in [0.2, 0.25) is 5.91 Å². The fourth-order valence-corrected chi connectivity index (χ4v) is 4.02. The summed E-state index contributed by atoms with van der Waals surface area (Å²) in [4.78, 5) is 23.8. The van der Waals surface area contributed by atoms with Gasteiger partial charge in [-0.15, -0.1) is 0 Å². The Balaban J connectivity index is 1.51. The van der Waals surface area contributed by atoms with Gasteiger partial charge in [-0.05, 0) is 60.7 Å². The number of carboxylic acids is 1. The van der Waals surface area contributed by atoms with Crippen LogP contribution < -0.4 is 15.2 Å². The van der Waals surface area contributed by atoms with Crippen molar-refractivity contribution in [1.82, 2.24) is 5.43 Å². The molecule has 2 N–H and O–H groups in total. The molecule has 0 saturated heterocycles. The Morgan fingerprint density at radius 2 is 1.58 bits per heavy atom. The Morgan fingerprint density at radius 3 is 2.21 bits per heavy atom. The first-order valence-electron chi connectivity index (χ1n) is 11.0. The first-order valence-corrected chi connectivity index (χ1v) is 11.0. The summed E-state index contributed by atoms with van der Waals surface area (Å²) in [6.45, 7) is -0.368. The molecule has 0 aliphatic heterocycles. The van der Waals surface area contributed by atoms with Crippen molar-refractivity contribution in [3.8, 4) is 5.75 Å². The summed E-state index contributed by atoms with van der Waals surface area (Å²) < 4.78 is 5.48. The summed E-state index contributed by atoms with van der Waals surface area (Å²) in [7, 11) is 0. The van der Waals surface area contributed by atoms with Gasteiger partial charge in [-0.1, -0.05) is 54.6 Å². The van der Waals surface area contributed by atoms with Crippen LogP contribution in [0.25, 0.3) is 5.57 Å². The number of hydrogen-bond acceptors (Lipinski definition) is 4. The van der Waals surface area contributed by atoms with Gasteiger partial charge < -0.3 is 9.84 Å². The molecule has 1 aliphatic rings. The predicted octanol–water partition coefficient (Wildman–Crippen LogP) is 5.13. The molecule has 0 atom stereocenters. The van der Waals surface area contributed by atoms with Gasteiger partial charge >= 0.3 is 5.97 Å².